The highest BCUT2D eigenvalue weighted by molar-refractivity contribution is 5.79. The topological polar surface area (TPSA) is 71.8 Å². The van der Waals surface area contributed by atoms with Crippen molar-refractivity contribution in [1.29, 1.82) is 0 Å². The average molecular weight is 369 g/mol. The van der Waals surface area contributed by atoms with E-state index >= 15 is 0 Å². The molecule has 144 valence electrons. The second-order valence-electron chi connectivity index (χ2n) is 8.07. The number of amides is 1. The van der Waals surface area contributed by atoms with Gasteiger partial charge in [-0.05, 0) is 44.2 Å². The molecule has 3 fully saturated rings. The SMILES string of the molecule is O=C([C@H]1CC[C@H]2OCCN[C@@H]2C1)N1CCC(c2nnc3ccccn23)CC1. The Morgan fingerprint density at radius 2 is 2.04 bits per heavy atom. The van der Waals surface area contributed by atoms with E-state index in [0.717, 1.165) is 69.8 Å². The number of nitrogens with one attached hydrogen (secondary N) is 1. The van der Waals surface area contributed by atoms with E-state index in [-0.39, 0.29) is 5.92 Å². The van der Waals surface area contributed by atoms with E-state index in [1.165, 1.54) is 0 Å². The molecular weight excluding hydrogens is 342 g/mol. The van der Waals surface area contributed by atoms with Crippen LogP contribution >= 0.6 is 0 Å². The Morgan fingerprint density at radius 3 is 2.93 bits per heavy atom. The van der Waals surface area contributed by atoms with Crippen molar-refractivity contribution in [2.45, 2.75) is 50.2 Å². The van der Waals surface area contributed by atoms with Crippen LogP contribution in [0.3, 0.4) is 0 Å². The minimum absolute atomic E-state index is 0.144. The Hall–Kier alpha value is -1.99. The fraction of sp³-hybridized carbons (Fsp3) is 0.650. The van der Waals surface area contributed by atoms with Crippen molar-refractivity contribution in [3.63, 3.8) is 0 Å². The molecule has 7 nitrogen and oxygen atoms in total. The summed E-state index contributed by atoms with van der Waals surface area (Å²) >= 11 is 0. The number of aromatic nitrogens is 3. The number of ether oxygens (including phenoxy) is 1. The van der Waals surface area contributed by atoms with Gasteiger partial charge in [-0.3, -0.25) is 9.20 Å². The number of carbonyl (C=O) groups is 1. The Morgan fingerprint density at radius 1 is 1.15 bits per heavy atom. The first-order valence-electron chi connectivity index (χ1n) is 10.2. The number of morpholine rings is 1. The molecule has 3 aliphatic rings. The fourth-order valence-corrected chi connectivity index (χ4v) is 4.99. The molecule has 0 bridgehead atoms. The number of likely N-dealkylation sites (tertiary alicyclic amines) is 1. The third-order valence-electron chi connectivity index (χ3n) is 6.49. The number of carbonyl (C=O) groups excluding carboxylic acids is 1. The van der Waals surface area contributed by atoms with Crippen LogP contribution in [0.25, 0.3) is 5.65 Å². The Labute approximate surface area is 159 Å². The molecule has 5 rings (SSSR count). The predicted octanol–water partition coefficient (Wildman–Crippen LogP) is 1.59. The summed E-state index contributed by atoms with van der Waals surface area (Å²) in [4.78, 5) is 15.1. The highest BCUT2D eigenvalue weighted by Gasteiger charge is 2.38. The molecule has 1 aliphatic carbocycles. The molecule has 1 amide bonds. The molecule has 27 heavy (non-hydrogen) atoms. The number of nitrogens with zero attached hydrogens (tertiary/aromatic N) is 4. The van der Waals surface area contributed by atoms with Gasteiger partial charge in [0.2, 0.25) is 5.91 Å². The first kappa shape index (κ1) is 17.1. The zero-order chi connectivity index (χ0) is 18.2. The van der Waals surface area contributed by atoms with Gasteiger partial charge in [-0.15, -0.1) is 10.2 Å². The first-order chi connectivity index (χ1) is 13.3. The molecule has 0 aromatic carbocycles. The molecule has 2 aromatic heterocycles. The van der Waals surface area contributed by atoms with E-state index in [9.17, 15) is 4.79 Å². The Balaban J connectivity index is 1.21. The van der Waals surface area contributed by atoms with Gasteiger partial charge in [-0.2, -0.15) is 0 Å². The highest BCUT2D eigenvalue weighted by atomic mass is 16.5. The lowest BCUT2D eigenvalue weighted by atomic mass is 9.81. The first-order valence-corrected chi connectivity index (χ1v) is 10.2. The maximum atomic E-state index is 13.1. The summed E-state index contributed by atoms with van der Waals surface area (Å²) in [6, 6.07) is 6.32. The van der Waals surface area contributed by atoms with Crippen LogP contribution in [0.2, 0.25) is 0 Å². The summed E-state index contributed by atoms with van der Waals surface area (Å²) in [7, 11) is 0. The zero-order valence-corrected chi connectivity index (χ0v) is 15.6. The Bertz CT molecular complexity index is 814. The molecule has 2 aromatic rings. The van der Waals surface area contributed by atoms with Gasteiger partial charge in [-0.1, -0.05) is 6.07 Å². The maximum Gasteiger partial charge on any atom is 0.225 e. The van der Waals surface area contributed by atoms with Crippen LogP contribution in [-0.2, 0) is 9.53 Å². The molecule has 0 radical (unpaired) electrons. The second kappa shape index (κ2) is 7.20. The Kier molecular flexibility index (Phi) is 4.57. The van der Waals surface area contributed by atoms with Crippen LogP contribution in [0, 0.1) is 5.92 Å². The van der Waals surface area contributed by atoms with Crippen LogP contribution in [0.15, 0.2) is 24.4 Å². The van der Waals surface area contributed by atoms with Gasteiger partial charge in [-0.25, -0.2) is 0 Å². The van der Waals surface area contributed by atoms with Gasteiger partial charge < -0.3 is 15.0 Å². The lowest BCUT2D eigenvalue weighted by molar-refractivity contribution is -0.140. The molecule has 4 heterocycles. The third kappa shape index (κ3) is 3.23. The van der Waals surface area contributed by atoms with E-state index < -0.39 is 0 Å². The van der Waals surface area contributed by atoms with Crippen molar-refractivity contribution >= 4 is 11.6 Å². The molecule has 2 aliphatic heterocycles. The van der Waals surface area contributed by atoms with E-state index in [1.54, 1.807) is 0 Å². The molecule has 0 unspecified atom stereocenters. The van der Waals surface area contributed by atoms with Crippen LogP contribution in [0.1, 0.15) is 43.8 Å². The van der Waals surface area contributed by atoms with Crippen molar-refractivity contribution in [1.82, 2.24) is 24.8 Å². The molecule has 7 heteroatoms. The summed E-state index contributed by atoms with van der Waals surface area (Å²) in [5.41, 5.74) is 0.893. The number of hydrogen-bond donors (Lipinski definition) is 1. The number of fused-ring (bicyclic) bond motifs is 2. The van der Waals surface area contributed by atoms with Gasteiger partial charge in [0, 0.05) is 43.7 Å². The third-order valence-corrected chi connectivity index (χ3v) is 6.49. The summed E-state index contributed by atoms with van der Waals surface area (Å²) in [6.45, 7) is 3.34. The van der Waals surface area contributed by atoms with Gasteiger partial charge in [0.15, 0.2) is 5.65 Å². The van der Waals surface area contributed by atoms with E-state index in [4.69, 9.17) is 4.74 Å². The molecule has 1 N–H and O–H groups in total. The van der Waals surface area contributed by atoms with Crippen molar-refractivity contribution in [2.75, 3.05) is 26.2 Å². The van der Waals surface area contributed by atoms with Gasteiger partial charge in [0.25, 0.3) is 0 Å². The smallest absolute Gasteiger partial charge is 0.225 e. The second-order valence-corrected chi connectivity index (χ2v) is 8.07. The quantitative estimate of drug-likeness (QED) is 0.870. The molecule has 3 atom stereocenters. The minimum atomic E-state index is 0.144. The predicted molar refractivity (Wildman–Crippen MR) is 100 cm³/mol. The highest BCUT2D eigenvalue weighted by Crippen LogP contribution is 2.32. The van der Waals surface area contributed by atoms with Crippen LogP contribution in [0.4, 0.5) is 0 Å². The lowest BCUT2D eigenvalue weighted by Gasteiger charge is -2.41. The summed E-state index contributed by atoms with van der Waals surface area (Å²) in [6.07, 6.45) is 7.11. The minimum Gasteiger partial charge on any atom is -0.375 e. The van der Waals surface area contributed by atoms with Crippen molar-refractivity contribution in [3.8, 4) is 0 Å². The van der Waals surface area contributed by atoms with Crippen molar-refractivity contribution in [2.24, 2.45) is 5.92 Å². The number of hydrogen-bond acceptors (Lipinski definition) is 5. The standard InChI is InChI=1S/C20H27N5O2/c26-20(15-4-5-17-16(13-15)21-8-12-27-17)24-10-6-14(7-11-24)19-23-22-18-3-1-2-9-25(18)19/h1-3,9,14-17,21H,4-8,10-13H2/t15-,16+,17+/m0/s1. The van der Waals surface area contributed by atoms with Gasteiger partial charge in [0.05, 0.1) is 12.7 Å². The van der Waals surface area contributed by atoms with Crippen LogP contribution < -0.4 is 5.32 Å². The largest absolute Gasteiger partial charge is 0.375 e. The molecule has 1 saturated carbocycles. The monoisotopic (exact) mass is 369 g/mol. The summed E-state index contributed by atoms with van der Waals surface area (Å²) in [5, 5.41) is 12.2. The normalized spacial score (nSPS) is 29.6. The number of rotatable bonds is 2. The van der Waals surface area contributed by atoms with Crippen LogP contribution in [-0.4, -0.2) is 63.8 Å². The average Bonchev–Trinajstić information content (AvgIpc) is 3.17. The number of pyridine rings is 1. The molecule has 0 spiro atoms. The van der Waals surface area contributed by atoms with E-state index in [0.29, 0.717) is 24.0 Å². The summed E-state index contributed by atoms with van der Waals surface area (Å²) in [5.74, 6) is 1.88. The van der Waals surface area contributed by atoms with Crippen molar-refractivity contribution in [3.05, 3.63) is 30.2 Å². The van der Waals surface area contributed by atoms with E-state index in [2.05, 4.69) is 24.8 Å². The lowest BCUT2D eigenvalue weighted by Crippen LogP contribution is -2.53. The fourth-order valence-electron chi connectivity index (χ4n) is 4.99. The maximum absolute atomic E-state index is 13.1. The van der Waals surface area contributed by atoms with Crippen molar-refractivity contribution < 1.29 is 9.53 Å². The zero-order valence-electron chi connectivity index (χ0n) is 15.6. The summed E-state index contributed by atoms with van der Waals surface area (Å²) < 4.78 is 7.92. The molecular formula is C20H27N5O2. The van der Waals surface area contributed by atoms with Gasteiger partial charge in [0.1, 0.15) is 5.82 Å². The van der Waals surface area contributed by atoms with Gasteiger partial charge >= 0.3 is 0 Å². The van der Waals surface area contributed by atoms with Crippen LogP contribution in [0.5, 0.6) is 0 Å². The number of piperidine rings is 1. The van der Waals surface area contributed by atoms with E-state index in [1.807, 2.05) is 24.4 Å². The molecule has 2 saturated heterocycles.